The van der Waals surface area contributed by atoms with Crippen LogP contribution >= 0.6 is 0 Å². The fourth-order valence-corrected chi connectivity index (χ4v) is 1.48. The summed E-state index contributed by atoms with van der Waals surface area (Å²) in [6.45, 7) is 5.23. The Morgan fingerprint density at radius 2 is 2.20 bits per heavy atom. The van der Waals surface area contributed by atoms with E-state index < -0.39 is 17.5 Å². The van der Waals surface area contributed by atoms with Crippen molar-refractivity contribution < 1.29 is 13.9 Å². The molecular formula is C13H15FN4O2. The first-order valence-corrected chi connectivity index (χ1v) is 6.01. The van der Waals surface area contributed by atoms with Gasteiger partial charge in [-0.3, -0.25) is 5.32 Å². The molecule has 20 heavy (non-hydrogen) atoms. The van der Waals surface area contributed by atoms with E-state index in [-0.39, 0.29) is 11.5 Å². The fraction of sp³-hybridized carbons (Fsp3) is 0.308. The number of aromatic nitrogens is 3. The van der Waals surface area contributed by atoms with Crippen LogP contribution in [0.5, 0.6) is 0 Å². The highest BCUT2D eigenvalue weighted by molar-refractivity contribution is 5.84. The second-order valence-electron chi connectivity index (χ2n) is 5.11. The van der Waals surface area contributed by atoms with Crippen LogP contribution in [0.2, 0.25) is 0 Å². The summed E-state index contributed by atoms with van der Waals surface area (Å²) in [6, 6.07) is 2.82. The minimum absolute atomic E-state index is 0.0599. The van der Waals surface area contributed by atoms with E-state index in [0.29, 0.717) is 0 Å². The maximum Gasteiger partial charge on any atom is 0.412 e. The third-order valence-corrected chi connectivity index (χ3v) is 2.19. The molecule has 0 fully saturated rings. The van der Waals surface area contributed by atoms with Crippen molar-refractivity contribution in [3.63, 3.8) is 0 Å². The number of rotatable bonds is 2. The van der Waals surface area contributed by atoms with E-state index in [1.54, 1.807) is 33.0 Å². The van der Waals surface area contributed by atoms with Crippen molar-refractivity contribution in [1.29, 1.82) is 0 Å². The first kappa shape index (κ1) is 14.0. The zero-order valence-electron chi connectivity index (χ0n) is 11.4. The Kier molecular flexibility index (Phi) is 3.69. The minimum atomic E-state index is -0.662. The van der Waals surface area contributed by atoms with Crippen molar-refractivity contribution in [3.05, 3.63) is 36.5 Å². The van der Waals surface area contributed by atoms with Gasteiger partial charge in [-0.2, -0.15) is 5.10 Å². The van der Waals surface area contributed by atoms with Crippen molar-refractivity contribution in [3.8, 4) is 5.82 Å². The predicted molar refractivity (Wildman–Crippen MR) is 71.2 cm³/mol. The molecule has 0 spiro atoms. The topological polar surface area (TPSA) is 69.0 Å². The molecule has 2 heterocycles. The normalized spacial score (nSPS) is 11.2. The average Bonchev–Trinajstić information content (AvgIpc) is 2.79. The second kappa shape index (κ2) is 5.28. The standard InChI is InChI=1S/C13H15FN4O2/c1-13(2,3)20-12(19)17-9-7-10(14)11(15-8-9)18-6-4-5-16-18/h4-8H,1-3H3,(H,17,19). The summed E-state index contributed by atoms with van der Waals surface area (Å²) in [5.41, 5.74) is -0.405. The first-order chi connectivity index (χ1) is 9.35. The largest absolute Gasteiger partial charge is 0.444 e. The summed E-state index contributed by atoms with van der Waals surface area (Å²) in [5, 5.41) is 6.31. The molecule has 0 radical (unpaired) electrons. The van der Waals surface area contributed by atoms with Gasteiger partial charge in [0, 0.05) is 18.5 Å². The van der Waals surface area contributed by atoms with E-state index in [9.17, 15) is 9.18 Å². The predicted octanol–water partition coefficient (Wildman–Crippen LogP) is 2.75. The number of ether oxygens (including phenoxy) is 1. The Hall–Kier alpha value is -2.44. The van der Waals surface area contributed by atoms with Gasteiger partial charge >= 0.3 is 6.09 Å². The molecule has 7 heteroatoms. The summed E-state index contributed by atoms with van der Waals surface area (Å²) in [4.78, 5) is 15.5. The molecule has 0 aliphatic carbocycles. The van der Waals surface area contributed by atoms with Gasteiger partial charge in [-0.05, 0) is 26.8 Å². The molecule has 0 saturated carbocycles. The highest BCUT2D eigenvalue weighted by Gasteiger charge is 2.17. The lowest BCUT2D eigenvalue weighted by Gasteiger charge is -2.19. The van der Waals surface area contributed by atoms with Gasteiger partial charge in [0.2, 0.25) is 0 Å². The third-order valence-electron chi connectivity index (χ3n) is 2.19. The number of amides is 1. The molecule has 0 bridgehead atoms. The molecule has 1 amide bonds. The van der Waals surface area contributed by atoms with Crippen LogP contribution in [0.1, 0.15) is 20.8 Å². The van der Waals surface area contributed by atoms with Gasteiger partial charge in [-0.15, -0.1) is 0 Å². The molecule has 0 aromatic carbocycles. The van der Waals surface area contributed by atoms with Gasteiger partial charge in [-0.25, -0.2) is 18.9 Å². The number of hydrogen-bond donors (Lipinski definition) is 1. The molecule has 106 valence electrons. The highest BCUT2D eigenvalue weighted by atomic mass is 19.1. The Labute approximate surface area is 115 Å². The molecule has 0 atom stereocenters. The third kappa shape index (κ3) is 3.53. The van der Waals surface area contributed by atoms with Crippen molar-refractivity contribution in [1.82, 2.24) is 14.8 Å². The van der Waals surface area contributed by atoms with Crippen LogP contribution in [0.15, 0.2) is 30.7 Å². The molecule has 2 rings (SSSR count). The molecule has 0 saturated heterocycles. The maximum absolute atomic E-state index is 13.9. The Morgan fingerprint density at radius 1 is 1.45 bits per heavy atom. The lowest BCUT2D eigenvalue weighted by Crippen LogP contribution is -2.27. The van der Waals surface area contributed by atoms with Crippen molar-refractivity contribution in [2.75, 3.05) is 5.32 Å². The molecule has 2 aromatic rings. The van der Waals surface area contributed by atoms with Crippen LogP contribution in [0.25, 0.3) is 5.82 Å². The summed E-state index contributed by atoms with van der Waals surface area (Å²) < 4.78 is 20.3. The van der Waals surface area contributed by atoms with Crippen LogP contribution < -0.4 is 5.32 Å². The van der Waals surface area contributed by atoms with Gasteiger partial charge in [0.25, 0.3) is 0 Å². The van der Waals surface area contributed by atoms with Gasteiger partial charge in [0.1, 0.15) is 5.60 Å². The lowest BCUT2D eigenvalue weighted by molar-refractivity contribution is 0.0636. The number of carbonyl (C=O) groups excluding carboxylic acids is 1. The zero-order valence-corrected chi connectivity index (χ0v) is 11.4. The number of anilines is 1. The summed E-state index contributed by atoms with van der Waals surface area (Å²) in [6.07, 6.45) is 3.77. The monoisotopic (exact) mass is 278 g/mol. The fourth-order valence-electron chi connectivity index (χ4n) is 1.48. The SMILES string of the molecule is CC(C)(C)OC(=O)Nc1cnc(-n2cccn2)c(F)c1. The van der Waals surface area contributed by atoms with E-state index in [2.05, 4.69) is 15.4 Å². The molecule has 6 nitrogen and oxygen atoms in total. The van der Waals surface area contributed by atoms with E-state index in [1.165, 1.54) is 17.1 Å². The van der Waals surface area contributed by atoms with Gasteiger partial charge < -0.3 is 4.74 Å². The zero-order chi connectivity index (χ0) is 14.8. The van der Waals surface area contributed by atoms with E-state index in [0.717, 1.165) is 6.07 Å². The second-order valence-corrected chi connectivity index (χ2v) is 5.11. The number of hydrogen-bond acceptors (Lipinski definition) is 4. The number of pyridine rings is 1. The molecule has 2 aromatic heterocycles. The van der Waals surface area contributed by atoms with Crippen molar-refractivity contribution in [2.24, 2.45) is 0 Å². The summed E-state index contributed by atoms with van der Waals surface area (Å²) in [7, 11) is 0. The number of nitrogens with one attached hydrogen (secondary N) is 1. The maximum atomic E-state index is 13.9. The highest BCUT2D eigenvalue weighted by Crippen LogP contribution is 2.16. The van der Waals surface area contributed by atoms with Gasteiger partial charge in [-0.1, -0.05) is 0 Å². The number of halogens is 1. The van der Waals surface area contributed by atoms with E-state index >= 15 is 0 Å². The summed E-state index contributed by atoms with van der Waals surface area (Å²) >= 11 is 0. The van der Waals surface area contributed by atoms with Gasteiger partial charge in [0.15, 0.2) is 11.6 Å². The quantitative estimate of drug-likeness (QED) is 0.917. The number of nitrogens with zero attached hydrogens (tertiary/aromatic N) is 3. The smallest absolute Gasteiger partial charge is 0.412 e. The molecule has 0 aliphatic heterocycles. The van der Waals surface area contributed by atoms with Crippen LogP contribution in [-0.4, -0.2) is 26.5 Å². The van der Waals surface area contributed by atoms with Crippen LogP contribution in [0, 0.1) is 5.82 Å². The Balaban J connectivity index is 2.12. The Morgan fingerprint density at radius 3 is 2.75 bits per heavy atom. The van der Waals surface area contributed by atoms with E-state index in [4.69, 9.17) is 4.74 Å². The van der Waals surface area contributed by atoms with Gasteiger partial charge in [0.05, 0.1) is 11.9 Å². The number of carbonyl (C=O) groups is 1. The Bertz CT molecular complexity index is 605. The lowest BCUT2D eigenvalue weighted by atomic mass is 10.2. The summed E-state index contributed by atoms with van der Waals surface area (Å²) in [5.74, 6) is -0.535. The first-order valence-electron chi connectivity index (χ1n) is 6.01. The van der Waals surface area contributed by atoms with Crippen molar-refractivity contribution in [2.45, 2.75) is 26.4 Å². The molecule has 0 aliphatic rings. The van der Waals surface area contributed by atoms with Crippen LogP contribution in [-0.2, 0) is 4.74 Å². The molecule has 0 unspecified atom stereocenters. The molecule has 1 N–H and O–H groups in total. The molecular weight excluding hydrogens is 263 g/mol. The van der Waals surface area contributed by atoms with Crippen LogP contribution in [0.3, 0.4) is 0 Å². The average molecular weight is 278 g/mol. The minimum Gasteiger partial charge on any atom is -0.444 e. The van der Waals surface area contributed by atoms with E-state index in [1.807, 2.05) is 0 Å². The van der Waals surface area contributed by atoms with Crippen molar-refractivity contribution >= 4 is 11.8 Å². The van der Waals surface area contributed by atoms with Crippen LogP contribution in [0.4, 0.5) is 14.9 Å².